The number of carboxylic acid groups (broad SMARTS) is 1. The second-order valence-electron chi connectivity index (χ2n) is 6.41. The number of rotatable bonds is 8. The number of thioether (sulfide) groups is 2. The van der Waals surface area contributed by atoms with E-state index in [9.17, 15) is 36.9 Å². The Kier molecular flexibility index (Phi) is 9.64. The van der Waals surface area contributed by atoms with Crippen molar-refractivity contribution in [1.82, 2.24) is 20.4 Å². The zero-order valence-electron chi connectivity index (χ0n) is 16.6. The number of β-lactam (4-membered cyclic amide) rings is 1. The van der Waals surface area contributed by atoms with E-state index in [2.05, 4.69) is 15.5 Å². The first kappa shape index (κ1) is 27.6. The molecule has 0 bridgehead atoms. The van der Waals surface area contributed by atoms with Gasteiger partial charge >= 0.3 is 35.7 Å². The van der Waals surface area contributed by atoms with Crippen molar-refractivity contribution in [2.24, 2.45) is 0 Å². The number of hydrogen-bond acceptors (Lipinski definition) is 10. The first-order valence-electron chi connectivity index (χ1n) is 8.48. The molecule has 0 spiro atoms. The van der Waals surface area contributed by atoms with Crippen LogP contribution in [0.15, 0.2) is 15.6 Å². The second-order valence-corrected chi connectivity index (χ2v) is 11.4. The molecule has 1 fully saturated rings. The van der Waals surface area contributed by atoms with E-state index in [4.69, 9.17) is 0 Å². The molecule has 0 aliphatic carbocycles. The van der Waals surface area contributed by atoms with E-state index < -0.39 is 57.7 Å². The van der Waals surface area contributed by atoms with Crippen LogP contribution in [0.2, 0.25) is 0 Å². The molecule has 32 heavy (non-hydrogen) atoms. The molecule has 3 atom stereocenters. The number of carboxylic acids is 1. The van der Waals surface area contributed by atoms with E-state index in [1.807, 2.05) is 0 Å². The van der Waals surface area contributed by atoms with E-state index in [1.165, 1.54) is 34.9 Å². The van der Waals surface area contributed by atoms with Gasteiger partial charge in [0.15, 0.2) is 4.34 Å². The average molecular weight is 539 g/mol. The van der Waals surface area contributed by atoms with E-state index in [0.717, 1.165) is 9.91 Å². The Bertz CT molecular complexity index is 973. The summed E-state index contributed by atoms with van der Waals surface area (Å²) in [7, 11) is -2.47. The van der Waals surface area contributed by atoms with Crippen molar-refractivity contribution in [1.29, 1.82) is 0 Å². The number of carbonyl (C=O) groups excluding carboxylic acids is 3. The standard InChI is InChI=1S/C15H15F3N4O5S4.Na/c1-6-20-21-14(30-6)29-3-7-2-28-12-9(11(24)22(12)10(7)13(25)26)19-8(23)4-31(27)5-15(16,17)18;/h9,12H,2-5H2,1H3,(H,19,23)(H,25,26);/q;+1/p-1/t9-,12-,31?;/m1./s1. The maximum absolute atomic E-state index is 12.5. The Morgan fingerprint density at radius 3 is 2.62 bits per heavy atom. The predicted octanol–water partition coefficient (Wildman–Crippen LogP) is -3.34. The zero-order valence-corrected chi connectivity index (χ0v) is 21.9. The number of halogens is 3. The molecular weight excluding hydrogens is 524 g/mol. The smallest absolute Gasteiger partial charge is 0.543 e. The van der Waals surface area contributed by atoms with Gasteiger partial charge in [0.25, 0.3) is 5.91 Å². The number of hydrogen-bond donors (Lipinski definition) is 1. The summed E-state index contributed by atoms with van der Waals surface area (Å²) in [4.78, 5) is 37.1. The summed E-state index contributed by atoms with van der Waals surface area (Å²) in [5.74, 6) is -5.29. The number of alkyl halides is 3. The van der Waals surface area contributed by atoms with Gasteiger partial charge in [-0.3, -0.25) is 18.7 Å². The Morgan fingerprint density at radius 2 is 2.06 bits per heavy atom. The van der Waals surface area contributed by atoms with Gasteiger partial charge in [-0.15, -0.1) is 22.0 Å². The molecule has 3 rings (SSSR count). The van der Waals surface area contributed by atoms with Crippen LogP contribution in [0.3, 0.4) is 0 Å². The number of nitrogens with zero attached hydrogens (tertiary/aromatic N) is 3. The third-order valence-electron chi connectivity index (χ3n) is 4.05. The van der Waals surface area contributed by atoms with Gasteiger partial charge < -0.3 is 15.2 Å². The van der Waals surface area contributed by atoms with Gasteiger partial charge in [-0.05, 0) is 12.5 Å². The summed E-state index contributed by atoms with van der Waals surface area (Å²) in [6.07, 6.45) is -4.68. The van der Waals surface area contributed by atoms with Gasteiger partial charge in [-0.1, -0.05) is 23.1 Å². The van der Waals surface area contributed by atoms with Crippen molar-refractivity contribution in [3.05, 3.63) is 16.3 Å². The molecule has 9 nitrogen and oxygen atoms in total. The number of aryl methyl sites for hydroxylation is 1. The minimum absolute atomic E-state index is 0. The van der Waals surface area contributed by atoms with Gasteiger partial charge in [-0.2, -0.15) is 13.2 Å². The van der Waals surface area contributed by atoms with Gasteiger partial charge in [0.05, 0.1) is 11.7 Å². The summed E-state index contributed by atoms with van der Waals surface area (Å²) in [5, 5.41) is 21.8. The zero-order chi connectivity index (χ0) is 22.9. The fourth-order valence-electron chi connectivity index (χ4n) is 2.86. The molecule has 17 heteroatoms. The molecule has 0 saturated carbocycles. The third-order valence-corrected chi connectivity index (χ3v) is 8.68. The van der Waals surface area contributed by atoms with Crippen LogP contribution in [-0.4, -0.2) is 77.7 Å². The molecule has 1 saturated heterocycles. The molecule has 170 valence electrons. The summed E-state index contributed by atoms with van der Waals surface area (Å²) >= 11 is 3.82. The first-order valence-corrected chi connectivity index (χ1v) is 12.8. The first-order chi connectivity index (χ1) is 14.5. The van der Waals surface area contributed by atoms with Crippen LogP contribution in [0.25, 0.3) is 0 Å². The van der Waals surface area contributed by atoms with E-state index in [-0.39, 0.29) is 46.8 Å². The van der Waals surface area contributed by atoms with Crippen LogP contribution in [-0.2, 0) is 25.2 Å². The van der Waals surface area contributed by atoms with Gasteiger partial charge in [0.1, 0.15) is 27.9 Å². The molecular formula is C15H14F3N4NaO5S4. The Labute approximate surface area is 217 Å². The van der Waals surface area contributed by atoms with Crippen LogP contribution in [0.4, 0.5) is 13.2 Å². The van der Waals surface area contributed by atoms with Gasteiger partial charge in [0, 0.05) is 22.3 Å². The number of aliphatic carboxylic acids is 1. The topological polar surface area (TPSA) is 132 Å². The van der Waals surface area contributed by atoms with Crippen LogP contribution in [0.1, 0.15) is 5.01 Å². The molecule has 3 heterocycles. The summed E-state index contributed by atoms with van der Waals surface area (Å²) in [6, 6.07) is -1.12. The van der Waals surface area contributed by atoms with Crippen LogP contribution < -0.4 is 40.0 Å². The fraction of sp³-hybridized carbons (Fsp3) is 0.533. The summed E-state index contributed by atoms with van der Waals surface area (Å²) in [5.41, 5.74) is 0.164. The number of fused-ring (bicyclic) bond motifs is 1. The molecule has 0 aromatic carbocycles. The Hall–Kier alpha value is -0.650. The average Bonchev–Trinajstić information content (AvgIpc) is 3.07. The normalized spacial score (nSPS) is 21.4. The Balaban J connectivity index is 0.00000363. The van der Waals surface area contributed by atoms with E-state index in [1.54, 1.807) is 6.92 Å². The van der Waals surface area contributed by atoms with Crippen molar-refractivity contribution < 1.29 is 66.4 Å². The molecule has 1 N–H and O–H groups in total. The molecule has 1 aromatic heterocycles. The molecule has 1 aromatic rings. The maximum Gasteiger partial charge on any atom is 1.00 e. The monoisotopic (exact) mass is 538 g/mol. The predicted molar refractivity (Wildman–Crippen MR) is 106 cm³/mol. The minimum atomic E-state index is -4.68. The molecule has 0 radical (unpaired) electrons. The van der Waals surface area contributed by atoms with Gasteiger partial charge in [-0.25, -0.2) is 0 Å². The van der Waals surface area contributed by atoms with E-state index in [0.29, 0.717) is 9.91 Å². The number of amides is 2. The Morgan fingerprint density at radius 1 is 1.38 bits per heavy atom. The van der Waals surface area contributed by atoms with Gasteiger partial charge in [0.2, 0.25) is 5.91 Å². The molecule has 2 aliphatic rings. The fourth-order valence-corrected chi connectivity index (χ4v) is 7.01. The van der Waals surface area contributed by atoms with Crippen molar-refractivity contribution in [2.75, 3.05) is 23.0 Å². The van der Waals surface area contributed by atoms with E-state index >= 15 is 0 Å². The molecule has 2 aliphatic heterocycles. The molecule has 1 unspecified atom stereocenters. The van der Waals surface area contributed by atoms with Crippen molar-refractivity contribution in [2.45, 2.75) is 28.9 Å². The quantitative estimate of drug-likeness (QED) is 0.205. The van der Waals surface area contributed by atoms with Crippen molar-refractivity contribution >= 4 is 63.4 Å². The van der Waals surface area contributed by atoms with Crippen LogP contribution >= 0.6 is 34.9 Å². The summed E-state index contributed by atoms with van der Waals surface area (Å²) < 4.78 is 48.8. The minimum Gasteiger partial charge on any atom is -0.543 e. The van der Waals surface area contributed by atoms with Crippen molar-refractivity contribution in [3.8, 4) is 0 Å². The second kappa shape index (κ2) is 11.2. The SMILES string of the molecule is Cc1nnc(SCC2=C(C(=O)[O-])N3C(=O)[C@@H](NC(=O)CS(=O)CC(F)(F)F)[C@H]3SC2)s1.[Na+]. The number of aromatic nitrogens is 2. The summed E-state index contributed by atoms with van der Waals surface area (Å²) in [6.45, 7) is 1.78. The molecule has 2 amide bonds. The number of nitrogens with one attached hydrogen (secondary N) is 1. The maximum atomic E-state index is 12.5. The van der Waals surface area contributed by atoms with Crippen LogP contribution in [0, 0.1) is 6.92 Å². The third kappa shape index (κ3) is 6.70. The van der Waals surface area contributed by atoms with Crippen LogP contribution in [0.5, 0.6) is 0 Å². The van der Waals surface area contributed by atoms with Crippen molar-refractivity contribution in [3.63, 3.8) is 0 Å². The largest absolute Gasteiger partial charge is 1.00 e. The number of carbonyl (C=O) groups is 3.